The molecule has 6 N–H and O–H groups in total. The van der Waals surface area contributed by atoms with Crippen LogP contribution in [0.5, 0.6) is 0 Å². The Morgan fingerprint density at radius 2 is 1.74 bits per heavy atom. The summed E-state index contributed by atoms with van der Waals surface area (Å²) in [5.41, 5.74) is 14.4. The Labute approximate surface area is 210 Å². The standard InChI is InChI=1S/C27H43N5O3/c1-8-18(2)16-22(20(4)30-23(10-9-13-28)19(3)26(34)35)21(5)31-25(17-24(29)33)32-14-11-27(6,7)12-15-32/h8-10,13,16-17,19-20,30H,11-12,14-15,28H2,1-7H3,(H2,29,33)(H,34,35)/b13-9-,18-8-,22-16-,23-10+,25-17+,31-21+. The number of hydrogen-bond donors (Lipinski definition) is 4. The number of nitrogens with one attached hydrogen (secondary N) is 1. The molecule has 8 nitrogen and oxygen atoms in total. The number of nitrogens with zero attached hydrogens (tertiary/aromatic N) is 2. The lowest BCUT2D eigenvalue weighted by Crippen LogP contribution is -2.37. The van der Waals surface area contributed by atoms with Crippen molar-refractivity contribution in [1.29, 1.82) is 0 Å². The number of rotatable bonds is 11. The fraction of sp³-hybridized carbons (Fsp3) is 0.519. The molecule has 1 amide bonds. The minimum absolute atomic E-state index is 0.251. The Morgan fingerprint density at radius 3 is 2.23 bits per heavy atom. The first-order chi connectivity index (χ1) is 16.3. The van der Waals surface area contributed by atoms with Crippen LogP contribution in [-0.2, 0) is 9.59 Å². The molecule has 35 heavy (non-hydrogen) atoms. The zero-order valence-corrected chi connectivity index (χ0v) is 22.3. The van der Waals surface area contributed by atoms with Crippen LogP contribution in [0, 0.1) is 11.3 Å². The molecule has 1 aliphatic rings. The van der Waals surface area contributed by atoms with Crippen LogP contribution in [0.3, 0.4) is 0 Å². The monoisotopic (exact) mass is 485 g/mol. The van der Waals surface area contributed by atoms with E-state index in [2.05, 4.69) is 24.1 Å². The van der Waals surface area contributed by atoms with Crippen molar-refractivity contribution in [3.05, 3.63) is 59.2 Å². The molecule has 0 aromatic heterocycles. The molecule has 0 aliphatic carbocycles. The first kappa shape index (κ1) is 29.7. The maximum Gasteiger partial charge on any atom is 0.312 e. The van der Waals surface area contributed by atoms with Gasteiger partial charge in [-0.25, -0.2) is 4.99 Å². The molecule has 8 heteroatoms. The second-order valence-electron chi connectivity index (χ2n) is 9.82. The van der Waals surface area contributed by atoms with Gasteiger partial charge >= 0.3 is 5.97 Å². The van der Waals surface area contributed by atoms with Gasteiger partial charge in [0.1, 0.15) is 5.82 Å². The molecule has 0 spiro atoms. The fourth-order valence-corrected chi connectivity index (χ4v) is 3.71. The number of aliphatic carboxylic acids is 1. The highest BCUT2D eigenvalue weighted by Crippen LogP contribution is 2.31. The van der Waals surface area contributed by atoms with Gasteiger partial charge in [0.25, 0.3) is 0 Å². The Kier molecular flexibility index (Phi) is 11.5. The number of nitrogens with two attached hydrogens (primary N) is 2. The molecule has 194 valence electrons. The molecule has 1 fully saturated rings. The van der Waals surface area contributed by atoms with E-state index in [4.69, 9.17) is 16.5 Å². The molecule has 1 heterocycles. The van der Waals surface area contributed by atoms with Gasteiger partial charge in [-0.1, -0.05) is 31.6 Å². The number of carbonyl (C=O) groups is 2. The molecule has 2 unspecified atom stereocenters. The molecule has 1 rings (SSSR count). The van der Waals surface area contributed by atoms with E-state index in [1.807, 2.05) is 39.8 Å². The van der Waals surface area contributed by atoms with E-state index in [1.165, 1.54) is 12.3 Å². The van der Waals surface area contributed by atoms with Crippen LogP contribution in [0.1, 0.15) is 61.3 Å². The summed E-state index contributed by atoms with van der Waals surface area (Å²) in [4.78, 5) is 30.4. The van der Waals surface area contributed by atoms with Crippen LogP contribution >= 0.6 is 0 Å². The van der Waals surface area contributed by atoms with Gasteiger partial charge in [0.05, 0.1) is 12.0 Å². The van der Waals surface area contributed by atoms with Gasteiger partial charge in [-0.2, -0.15) is 0 Å². The van der Waals surface area contributed by atoms with Crippen molar-refractivity contribution in [3.8, 4) is 0 Å². The van der Waals surface area contributed by atoms with Crippen LogP contribution in [0.25, 0.3) is 0 Å². The van der Waals surface area contributed by atoms with Crippen LogP contribution in [0.15, 0.2) is 64.2 Å². The van der Waals surface area contributed by atoms with Gasteiger partial charge < -0.3 is 26.8 Å². The lowest BCUT2D eigenvalue weighted by Gasteiger charge is -2.38. The van der Waals surface area contributed by atoms with E-state index >= 15 is 0 Å². The average molecular weight is 486 g/mol. The number of carboxylic acids is 1. The normalized spacial score (nSPS) is 20.1. The molecule has 1 aliphatic heterocycles. The molecule has 0 saturated carbocycles. The van der Waals surface area contributed by atoms with Gasteiger partial charge in [-0.05, 0) is 76.8 Å². The second kappa shape index (κ2) is 13.6. The summed E-state index contributed by atoms with van der Waals surface area (Å²) < 4.78 is 0. The van der Waals surface area contributed by atoms with Crippen molar-refractivity contribution in [2.45, 2.75) is 67.3 Å². The van der Waals surface area contributed by atoms with E-state index < -0.39 is 17.8 Å². The van der Waals surface area contributed by atoms with Crippen molar-refractivity contribution in [3.63, 3.8) is 0 Å². The second-order valence-corrected chi connectivity index (χ2v) is 9.82. The number of carbonyl (C=O) groups excluding carboxylic acids is 1. The minimum atomic E-state index is -0.943. The van der Waals surface area contributed by atoms with E-state index in [0.717, 1.165) is 37.1 Å². The zero-order chi connectivity index (χ0) is 26.8. The number of hydrogen-bond acceptors (Lipinski definition) is 6. The van der Waals surface area contributed by atoms with E-state index in [-0.39, 0.29) is 11.5 Å². The van der Waals surface area contributed by atoms with Gasteiger partial charge in [0.15, 0.2) is 0 Å². The Bertz CT molecular complexity index is 944. The molecule has 0 bridgehead atoms. The summed E-state index contributed by atoms with van der Waals surface area (Å²) in [6, 6.07) is -0.275. The third-order valence-electron chi connectivity index (χ3n) is 6.32. The average Bonchev–Trinajstić information content (AvgIpc) is 2.78. The fourth-order valence-electron chi connectivity index (χ4n) is 3.71. The number of piperidine rings is 1. The molecule has 0 aromatic carbocycles. The van der Waals surface area contributed by atoms with E-state index in [0.29, 0.717) is 17.2 Å². The predicted octanol–water partition coefficient (Wildman–Crippen LogP) is 3.84. The quantitative estimate of drug-likeness (QED) is 0.200. The number of aliphatic imine (C=N–C) groups is 1. The Morgan fingerprint density at radius 1 is 1.14 bits per heavy atom. The lowest BCUT2D eigenvalue weighted by atomic mass is 9.83. The van der Waals surface area contributed by atoms with E-state index in [1.54, 1.807) is 19.1 Å². The van der Waals surface area contributed by atoms with Gasteiger partial charge in [-0.15, -0.1) is 0 Å². The maximum atomic E-state index is 11.8. The van der Waals surface area contributed by atoms with E-state index in [9.17, 15) is 14.7 Å². The van der Waals surface area contributed by atoms with Gasteiger partial charge in [0, 0.05) is 30.6 Å². The molecule has 0 radical (unpaired) electrons. The molecular formula is C27H43N5O3. The van der Waals surface area contributed by atoms with Crippen LogP contribution < -0.4 is 16.8 Å². The zero-order valence-electron chi connectivity index (χ0n) is 22.3. The summed E-state index contributed by atoms with van der Waals surface area (Å²) in [7, 11) is 0. The first-order valence-electron chi connectivity index (χ1n) is 12.0. The van der Waals surface area contributed by atoms with Crippen LogP contribution in [0.2, 0.25) is 0 Å². The Balaban J connectivity index is 3.42. The van der Waals surface area contributed by atoms with Crippen molar-refractivity contribution in [2.75, 3.05) is 13.1 Å². The smallest absolute Gasteiger partial charge is 0.312 e. The maximum absolute atomic E-state index is 11.8. The molecule has 2 atom stereocenters. The van der Waals surface area contributed by atoms with Crippen LogP contribution in [-0.4, -0.2) is 46.7 Å². The van der Waals surface area contributed by atoms with Crippen molar-refractivity contribution >= 4 is 17.6 Å². The third kappa shape index (κ3) is 9.84. The summed E-state index contributed by atoms with van der Waals surface area (Å²) in [5, 5.41) is 12.9. The number of amides is 1. The highest BCUT2D eigenvalue weighted by molar-refractivity contribution is 6.00. The number of likely N-dealkylation sites (tertiary alicyclic amines) is 1. The van der Waals surface area contributed by atoms with Gasteiger partial charge in [-0.3, -0.25) is 9.59 Å². The number of carboxylic acid groups (broad SMARTS) is 1. The molecule has 0 aromatic rings. The Hall–Kier alpha value is -3.29. The highest BCUT2D eigenvalue weighted by Gasteiger charge is 2.27. The van der Waals surface area contributed by atoms with Crippen molar-refractivity contribution < 1.29 is 14.7 Å². The third-order valence-corrected chi connectivity index (χ3v) is 6.32. The summed E-state index contributed by atoms with van der Waals surface area (Å²) in [6.45, 7) is 15.5. The predicted molar refractivity (Wildman–Crippen MR) is 143 cm³/mol. The minimum Gasteiger partial charge on any atom is -0.481 e. The van der Waals surface area contributed by atoms with Crippen molar-refractivity contribution in [1.82, 2.24) is 10.2 Å². The molecule has 1 saturated heterocycles. The van der Waals surface area contributed by atoms with Gasteiger partial charge in [0.2, 0.25) is 5.91 Å². The summed E-state index contributed by atoms with van der Waals surface area (Å²) in [5.74, 6) is -1.70. The van der Waals surface area contributed by atoms with Crippen molar-refractivity contribution in [2.24, 2.45) is 27.8 Å². The van der Waals surface area contributed by atoms with Crippen LogP contribution in [0.4, 0.5) is 0 Å². The first-order valence-corrected chi connectivity index (χ1v) is 12.0. The summed E-state index contributed by atoms with van der Waals surface area (Å²) in [6.07, 6.45) is 12.0. The largest absolute Gasteiger partial charge is 0.481 e. The number of allylic oxidation sites excluding steroid dienone is 5. The molecular weight excluding hydrogens is 442 g/mol. The topological polar surface area (TPSA) is 134 Å². The summed E-state index contributed by atoms with van der Waals surface area (Å²) >= 11 is 0. The lowest BCUT2D eigenvalue weighted by molar-refractivity contribution is -0.140. The SMILES string of the molecule is C\C=C(C)/C=C(\C(C)=N\C(=C/C(N)=O)N1CCC(C)(C)CC1)C(C)N/C(=C/C=C\N)C(C)C(=O)O. The number of primary amides is 1. The highest BCUT2D eigenvalue weighted by atomic mass is 16.4.